The highest BCUT2D eigenvalue weighted by Gasteiger charge is 2.11. The molecule has 0 amide bonds. The fourth-order valence-corrected chi connectivity index (χ4v) is 1.10. The van der Waals surface area contributed by atoms with Crippen LogP contribution >= 0.6 is 0 Å². The zero-order valence-corrected chi connectivity index (χ0v) is 7.91. The van der Waals surface area contributed by atoms with Gasteiger partial charge in [-0.25, -0.2) is 4.79 Å². The van der Waals surface area contributed by atoms with Crippen molar-refractivity contribution in [2.45, 2.75) is 44.6 Å². The van der Waals surface area contributed by atoms with Gasteiger partial charge in [-0.15, -0.1) is 6.58 Å². The number of rotatable bonds is 8. The van der Waals surface area contributed by atoms with Crippen LogP contribution in [0.2, 0.25) is 0 Å². The average molecular weight is 186 g/mol. The molecule has 0 rings (SSSR count). The SMILES string of the molecule is C=CCCCCCCC(O)C(=O)O. The highest BCUT2D eigenvalue weighted by molar-refractivity contribution is 5.71. The van der Waals surface area contributed by atoms with E-state index in [1.807, 2.05) is 6.08 Å². The molecule has 0 aliphatic rings. The van der Waals surface area contributed by atoms with Crippen LogP contribution in [0.15, 0.2) is 12.7 Å². The van der Waals surface area contributed by atoms with Gasteiger partial charge in [0, 0.05) is 0 Å². The van der Waals surface area contributed by atoms with Crippen LogP contribution in [0.3, 0.4) is 0 Å². The Morgan fingerprint density at radius 1 is 1.31 bits per heavy atom. The minimum Gasteiger partial charge on any atom is -0.479 e. The van der Waals surface area contributed by atoms with E-state index < -0.39 is 12.1 Å². The molecule has 0 radical (unpaired) electrons. The molecule has 0 aliphatic heterocycles. The second-order valence-electron chi connectivity index (χ2n) is 3.13. The van der Waals surface area contributed by atoms with Gasteiger partial charge >= 0.3 is 5.97 Å². The third-order valence-electron chi connectivity index (χ3n) is 1.92. The zero-order valence-electron chi connectivity index (χ0n) is 7.91. The van der Waals surface area contributed by atoms with Crippen LogP contribution < -0.4 is 0 Å². The second-order valence-corrected chi connectivity index (χ2v) is 3.13. The molecule has 0 heterocycles. The van der Waals surface area contributed by atoms with Crippen LogP contribution in [0, 0.1) is 0 Å². The lowest BCUT2D eigenvalue weighted by molar-refractivity contribution is -0.146. The van der Waals surface area contributed by atoms with Crippen LogP contribution in [0.5, 0.6) is 0 Å². The highest BCUT2D eigenvalue weighted by Crippen LogP contribution is 2.07. The maximum Gasteiger partial charge on any atom is 0.332 e. The molecule has 0 fully saturated rings. The summed E-state index contributed by atoms with van der Waals surface area (Å²) in [4.78, 5) is 10.2. The topological polar surface area (TPSA) is 57.5 Å². The Labute approximate surface area is 79.1 Å². The Morgan fingerprint density at radius 2 is 1.92 bits per heavy atom. The van der Waals surface area contributed by atoms with Crippen LogP contribution in [0.1, 0.15) is 38.5 Å². The second kappa shape index (κ2) is 7.80. The van der Waals surface area contributed by atoms with Crippen molar-refractivity contribution in [2.24, 2.45) is 0 Å². The molecule has 2 N–H and O–H groups in total. The first-order chi connectivity index (χ1) is 6.18. The number of hydrogen-bond acceptors (Lipinski definition) is 2. The van der Waals surface area contributed by atoms with Gasteiger partial charge in [0.1, 0.15) is 0 Å². The summed E-state index contributed by atoms with van der Waals surface area (Å²) in [5.41, 5.74) is 0. The number of aliphatic carboxylic acids is 1. The Kier molecular flexibility index (Phi) is 7.30. The van der Waals surface area contributed by atoms with Gasteiger partial charge in [-0.3, -0.25) is 0 Å². The molecule has 0 bridgehead atoms. The van der Waals surface area contributed by atoms with Crippen molar-refractivity contribution in [3.8, 4) is 0 Å². The molecule has 0 aromatic carbocycles. The summed E-state index contributed by atoms with van der Waals surface area (Å²) in [7, 11) is 0. The normalized spacial score (nSPS) is 12.4. The molecule has 76 valence electrons. The fourth-order valence-electron chi connectivity index (χ4n) is 1.10. The minimum absolute atomic E-state index is 0.365. The summed E-state index contributed by atoms with van der Waals surface area (Å²) in [6.07, 6.45) is 6.03. The van der Waals surface area contributed by atoms with Gasteiger partial charge < -0.3 is 10.2 Å². The Hall–Kier alpha value is -0.830. The molecular formula is C10H18O3. The lowest BCUT2D eigenvalue weighted by Gasteiger charge is -2.03. The van der Waals surface area contributed by atoms with Crippen LogP contribution in [0.4, 0.5) is 0 Å². The molecule has 3 heteroatoms. The molecule has 0 saturated carbocycles. The molecule has 0 aromatic heterocycles. The predicted molar refractivity (Wildman–Crippen MR) is 51.5 cm³/mol. The number of aliphatic hydroxyl groups excluding tert-OH is 1. The molecule has 13 heavy (non-hydrogen) atoms. The van der Waals surface area contributed by atoms with Crippen molar-refractivity contribution in [3.63, 3.8) is 0 Å². The average Bonchev–Trinajstić information content (AvgIpc) is 2.10. The number of carbonyl (C=O) groups is 1. The first kappa shape index (κ1) is 12.2. The van der Waals surface area contributed by atoms with Gasteiger partial charge in [0.05, 0.1) is 0 Å². The van der Waals surface area contributed by atoms with Crippen LogP contribution in [-0.2, 0) is 4.79 Å². The molecule has 0 spiro atoms. The summed E-state index contributed by atoms with van der Waals surface area (Å²) < 4.78 is 0. The van der Waals surface area contributed by atoms with Crippen molar-refractivity contribution in [2.75, 3.05) is 0 Å². The van der Waals surface area contributed by atoms with E-state index in [1.54, 1.807) is 0 Å². The van der Waals surface area contributed by atoms with E-state index in [0.717, 1.165) is 32.1 Å². The Bertz CT molecular complexity index is 154. The number of allylic oxidation sites excluding steroid dienone is 1. The largest absolute Gasteiger partial charge is 0.479 e. The van der Waals surface area contributed by atoms with E-state index in [9.17, 15) is 4.79 Å². The van der Waals surface area contributed by atoms with E-state index in [2.05, 4.69) is 6.58 Å². The van der Waals surface area contributed by atoms with Crippen molar-refractivity contribution in [1.29, 1.82) is 0 Å². The number of hydrogen-bond donors (Lipinski definition) is 2. The summed E-state index contributed by atoms with van der Waals surface area (Å²) in [6, 6.07) is 0. The monoisotopic (exact) mass is 186 g/mol. The van der Waals surface area contributed by atoms with E-state index in [1.165, 1.54) is 0 Å². The first-order valence-electron chi connectivity index (χ1n) is 4.70. The summed E-state index contributed by atoms with van der Waals surface area (Å²) in [6.45, 7) is 3.61. The van der Waals surface area contributed by atoms with Gasteiger partial charge in [0.25, 0.3) is 0 Å². The lowest BCUT2D eigenvalue weighted by Crippen LogP contribution is -2.18. The van der Waals surface area contributed by atoms with E-state index in [4.69, 9.17) is 10.2 Å². The Balaban J connectivity index is 3.15. The lowest BCUT2D eigenvalue weighted by atomic mass is 10.1. The van der Waals surface area contributed by atoms with Gasteiger partial charge in [-0.1, -0.05) is 25.3 Å². The first-order valence-corrected chi connectivity index (χ1v) is 4.70. The van der Waals surface area contributed by atoms with E-state index >= 15 is 0 Å². The Morgan fingerprint density at radius 3 is 2.46 bits per heavy atom. The summed E-state index contributed by atoms with van der Waals surface area (Å²) >= 11 is 0. The number of unbranched alkanes of at least 4 members (excludes halogenated alkanes) is 4. The van der Waals surface area contributed by atoms with Gasteiger partial charge in [0.15, 0.2) is 6.10 Å². The molecule has 1 unspecified atom stereocenters. The summed E-state index contributed by atoms with van der Waals surface area (Å²) in [5, 5.41) is 17.3. The van der Waals surface area contributed by atoms with E-state index in [-0.39, 0.29) is 0 Å². The highest BCUT2D eigenvalue weighted by atomic mass is 16.4. The maximum absolute atomic E-state index is 10.2. The summed E-state index contributed by atoms with van der Waals surface area (Å²) in [5.74, 6) is -1.12. The molecule has 1 atom stereocenters. The van der Waals surface area contributed by atoms with Crippen LogP contribution in [0.25, 0.3) is 0 Å². The third-order valence-corrected chi connectivity index (χ3v) is 1.92. The standard InChI is InChI=1S/C10H18O3/c1-2-3-4-5-6-7-8-9(11)10(12)13/h2,9,11H,1,3-8H2,(H,12,13). The molecular weight excluding hydrogens is 168 g/mol. The smallest absolute Gasteiger partial charge is 0.332 e. The molecule has 0 aliphatic carbocycles. The van der Waals surface area contributed by atoms with Crippen molar-refractivity contribution in [3.05, 3.63) is 12.7 Å². The van der Waals surface area contributed by atoms with Gasteiger partial charge in [-0.05, 0) is 19.3 Å². The van der Waals surface area contributed by atoms with E-state index in [0.29, 0.717) is 6.42 Å². The minimum atomic E-state index is -1.18. The maximum atomic E-state index is 10.2. The van der Waals surface area contributed by atoms with Crippen molar-refractivity contribution < 1.29 is 15.0 Å². The van der Waals surface area contributed by atoms with Crippen LogP contribution in [-0.4, -0.2) is 22.3 Å². The zero-order chi connectivity index (χ0) is 10.1. The van der Waals surface area contributed by atoms with Crippen molar-refractivity contribution in [1.82, 2.24) is 0 Å². The van der Waals surface area contributed by atoms with Gasteiger partial charge in [-0.2, -0.15) is 0 Å². The molecule has 3 nitrogen and oxygen atoms in total. The quantitative estimate of drug-likeness (QED) is 0.450. The predicted octanol–water partition coefficient (Wildman–Crippen LogP) is 1.96. The molecule has 0 aromatic rings. The third kappa shape index (κ3) is 7.53. The van der Waals surface area contributed by atoms with Gasteiger partial charge in [0.2, 0.25) is 0 Å². The fraction of sp³-hybridized carbons (Fsp3) is 0.700. The molecule has 0 saturated heterocycles. The number of aliphatic hydroxyl groups is 1. The number of carboxylic acid groups (broad SMARTS) is 1. The number of carboxylic acids is 1. The van der Waals surface area contributed by atoms with Crippen molar-refractivity contribution >= 4 is 5.97 Å².